The van der Waals surface area contributed by atoms with Crippen LogP contribution in [0.1, 0.15) is 18.4 Å². The molecule has 1 N–H and O–H groups in total. The fourth-order valence-electron chi connectivity index (χ4n) is 1.54. The Labute approximate surface area is 114 Å². The van der Waals surface area contributed by atoms with Crippen LogP contribution >= 0.6 is 11.3 Å². The molecule has 1 atom stereocenters. The van der Waals surface area contributed by atoms with E-state index < -0.39 is 11.9 Å². The van der Waals surface area contributed by atoms with Crippen LogP contribution in [-0.4, -0.2) is 23.2 Å². The van der Waals surface area contributed by atoms with Gasteiger partial charge in [-0.15, -0.1) is 0 Å². The van der Waals surface area contributed by atoms with Crippen molar-refractivity contribution in [3.63, 3.8) is 0 Å². The van der Waals surface area contributed by atoms with E-state index in [4.69, 9.17) is 14.6 Å². The Morgan fingerprint density at radius 1 is 1.42 bits per heavy atom. The molecular weight excluding hydrogens is 266 g/mol. The standard InChI is InChI=1S/C13H13NO4S/c1-8(12(15)16)9-3-4-10(11(7-9)17-2)18-13-14-5-6-19-13/h3-8H,1-2H3,(H,15,16). The van der Waals surface area contributed by atoms with Crippen molar-refractivity contribution in [2.45, 2.75) is 12.8 Å². The van der Waals surface area contributed by atoms with Gasteiger partial charge in [-0.1, -0.05) is 17.4 Å². The van der Waals surface area contributed by atoms with Crippen molar-refractivity contribution in [1.29, 1.82) is 0 Å². The topological polar surface area (TPSA) is 68.7 Å². The molecule has 1 aromatic heterocycles. The molecule has 0 radical (unpaired) electrons. The number of benzene rings is 1. The van der Waals surface area contributed by atoms with E-state index in [0.29, 0.717) is 22.3 Å². The Balaban J connectivity index is 2.28. The van der Waals surface area contributed by atoms with Crippen LogP contribution in [0.2, 0.25) is 0 Å². The number of methoxy groups -OCH3 is 1. The summed E-state index contributed by atoms with van der Waals surface area (Å²) in [6.45, 7) is 1.62. The van der Waals surface area contributed by atoms with Gasteiger partial charge in [-0.25, -0.2) is 4.98 Å². The number of carboxylic acids is 1. The molecule has 100 valence electrons. The number of carboxylic acid groups (broad SMARTS) is 1. The minimum absolute atomic E-state index is 0.487. The highest BCUT2D eigenvalue weighted by Gasteiger charge is 2.16. The summed E-state index contributed by atoms with van der Waals surface area (Å²) in [4.78, 5) is 15.0. The molecule has 0 saturated carbocycles. The predicted molar refractivity (Wildman–Crippen MR) is 71.2 cm³/mol. The first-order valence-corrected chi connectivity index (χ1v) is 6.48. The van der Waals surface area contributed by atoms with Crippen LogP contribution in [0.15, 0.2) is 29.8 Å². The van der Waals surface area contributed by atoms with E-state index in [1.807, 2.05) is 5.38 Å². The van der Waals surface area contributed by atoms with E-state index in [1.165, 1.54) is 18.4 Å². The lowest BCUT2D eigenvalue weighted by Gasteiger charge is -2.12. The van der Waals surface area contributed by atoms with Gasteiger partial charge in [-0.05, 0) is 24.6 Å². The van der Waals surface area contributed by atoms with Gasteiger partial charge in [0.1, 0.15) is 0 Å². The molecule has 2 rings (SSSR count). The molecular formula is C13H13NO4S. The summed E-state index contributed by atoms with van der Waals surface area (Å²) in [6, 6.07) is 5.07. The average molecular weight is 279 g/mol. The van der Waals surface area contributed by atoms with Gasteiger partial charge in [0, 0.05) is 11.6 Å². The van der Waals surface area contributed by atoms with Crippen LogP contribution in [0, 0.1) is 0 Å². The molecule has 0 aliphatic rings. The first-order chi connectivity index (χ1) is 9.11. The van der Waals surface area contributed by atoms with Gasteiger partial charge in [0.05, 0.1) is 13.0 Å². The molecule has 6 heteroatoms. The highest BCUT2D eigenvalue weighted by Crippen LogP contribution is 2.34. The molecule has 0 spiro atoms. The van der Waals surface area contributed by atoms with Crippen molar-refractivity contribution in [3.05, 3.63) is 35.3 Å². The first kappa shape index (κ1) is 13.4. The summed E-state index contributed by atoms with van der Waals surface area (Å²) in [5.74, 6) is -0.474. The van der Waals surface area contributed by atoms with Crippen LogP contribution in [-0.2, 0) is 4.79 Å². The van der Waals surface area contributed by atoms with Gasteiger partial charge in [-0.3, -0.25) is 4.79 Å². The quantitative estimate of drug-likeness (QED) is 0.910. The average Bonchev–Trinajstić information content (AvgIpc) is 2.91. The molecule has 0 saturated heterocycles. The van der Waals surface area contributed by atoms with E-state index in [1.54, 1.807) is 31.3 Å². The Morgan fingerprint density at radius 2 is 2.21 bits per heavy atom. The highest BCUT2D eigenvalue weighted by molar-refractivity contribution is 7.11. The molecule has 0 fully saturated rings. The van der Waals surface area contributed by atoms with Gasteiger partial charge in [-0.2, -0.15) is 0 Å². The number of aliphatic carboxylic acids is 1. The largest absolute Gasteiger partial charge is 0.493 e. The van der Waals surface area contributed by atoms with Gasteiger partial charge in [0.2, 0.25) is 0 Å². The summed E-state index contributed by atoms with van der Waals surface area (Å²) in [7, 11) is 1.51. The Hall–Kier alpha value is -2.08. The summed E-state index contributed by atoms with van der Waals surface area (Å²) < 4.78 is 10.8. The van der Waals surface area contributed by atoms with Gasteiger partial charge < -0.3 is 14.6 Å². The number of hydrogen-bond donors (Lipinski definition) is 1. The van der Waals surface area contributed by atoms with E-state index in [9.17, 15) is 4.79 Å². The number of aromatic nitrogens is 1. The normalized spacial score (nSPS) is 11.9. The maximum Gasteiger partial charge on any atom is 0.310 e. The van der Waals surface area contributed by atoms with Crippen LogP contribution < -0.4 is 9.47 Å². The van der Waals surface area contributed by atoms with Crippen molar-refractivity contribution in [1.82, 2.24) is 4.98 Å². The van der Waals surface area contributed by atoms with E-state index >= 15 is 0 Å². The zero-order valence-electron chi connectivity index (χ0n) is 10.5. The number of nitrogens with zero attached hydrogens (tertiary/aromatic N) is 1. The lowest BCUT2D eigenvalue weighted by Crippen LogP contribution is -2.07. The molecule has 2 aromatic rings. The highest BCUT2D eigenvalue weighted by atomic mass is 32.1. The fourth-order valence-corrected chi connectivity index (χ4v) is 2.03. The molecule has 1 unspecified atom stereocenters. The van der Waals surface area contributed by atoms with Crippen molar-refractivity contribution in [2.24, 2.45) is 0 Å². The van der Waals surface area contributed by atoms with Crippen molar-refractivity contribution < 1.29 is 19.4 Å². The van der Waals surface area contributed by atoms with E-state index in [2.05, 4.69) is 4.98 Å². The molecule has 1 aromatic carbocycles. The number of rotatable bonds is 5. The number of carbonyl (C=O) groups is 1. The van der Waals surface area contributed by atoms with Crippen LogP contribution in [0.4, 0.5) is 0 Å². The summed E-state index contributed by atoms with van der Waals surface area (Å²) >= 11 is 1.37. The predicted octanol–water partition coefficient (Wildman–Crippen LogP) is 3.13. The second kappa shape index (κ2) is 5.71. The van der Waals surface area contributed by atoms with E-state index in [0.717, 1.165) is 0 Å². The van der Waals surface area contributed by atoms with Crippen LogP contribution in [0.3, 0.4) is 0 Å². The summed E-state index contributed by atoms with van der Waals surface area (Å²) in [6.07, 6.45) is 1.65. The molecule has 5 nitrogen and oxygen atoms in total. The number of thiazole rings is 1. The lowest BCUT2D eigenvalue weighted by atomic mass is 10.0. The second-order valence-corrected chi connectivity index (χ2v) is 4.73. The maximum absolute atomic E-state index is 11.0. The maximum atomic E-state index is 11.0. The monoisotopic (exact) mass is 279 g/mol. The van der Waals surface area contributed by atoms with Crippen LogP contribution in [0.25, 0.3) is 0 Å². The third-order valence-corrected chi connectivity index (χ3v) is 3.31. The van der Waals surface area contributed by atoms with Gasteiger partial charge in [0.15, 0.2) is 11.5 Å². The van der Waals surface area contributed by atoms with Gasteiger partial charge in [0.25, 0.3) is 5.19 Å². The van der Waals surface area contributed by atoms with Crippen molar-refractivity contribution in [3.8, 4) is 16.7 Å². The second-order valence-electron chi connectivity index (χ2n) is 3.87. The Kier molecular flexibility index (Phi) is 4.01. The Morgan fingerprint density at radius 3 is 2.79 bits per heavy atom. The zero-order chi connectivity index (χ0) is 13.8. The summed E-state index contributed by atoms with van der Waals surface area (Å²) in [5, 5.41) is 11.3. The molecule has 0 bridgehead atoms. The molecule has 1 heterocycles. The first-order valence-electron chi connectivity index (χ1n) is 5.60. The van der Waals surface area contributed by atoms with Gasteiger partial charge >= 0.3 is 5.97 Å². The lowest BCUT2D eigenvalue weighted by molar-refractivity contribution is -0.138. The SMILES string of the molecule is COc1cc(C(C)C(=O)O)ccc1Oc1nccs1. The zero-order valence-corrected chi connectivity index (χ0v) is 11.3. The smallest absolute Gasteiger partial charge is 0.310 e. The van der Waals surface area contributed by atoms with Crippen molar-refractivity contribution in [2.75, 3.05) is 7.11 Å². The van der Waals surface area contributed by atoms with Crippen LogP contribution in [0.5, 0.6) is 16.7 Å². The minimum Gasteiger partial charge on any atom is -0.493 e. The Bertz CT molecular complexity index is 568. The van der Waals surface area contributed by atoms with E-state index in [-0.39, 0.29) is 0 Å². The molecule has 19 heavy (non-hydrogen) atoms. The molecule has 0 aliphatic heterocycles. The minimum atomic E-state index is -0.879. The van der Waals surface area contributed by atoms with Crippen molar-refractivity contribution >= 4 is 17.3 Å². The molecule has 0 amide bonds. The molecule has 0 aliphatic carbocycles. The number of ether oxygens (including phenoxy) is 2. The third-order valence-electron chi connectivity index (χ3n) is 2.67. The third kappa shape index (κ3) is 3.03. The fraction of sp³-hybridized carbons (Fsp3) is 0.231. The summed E-state index contributed by atoms with van der Waals surface area (Å²) in [5.41, 5.74) is 0.663. The number of hydrogen-bond acceptors (Lipinski definition) is 5.